The summed E-state index contributed by atoms with van der Waals surface area (Å²) in [6.07, 6.45) is 0.581. The molecule has 0 bridgehead atoms. The van der Waals surface area contributed by atoms with E-state index in [0.29, 0.717) is 26.3 Å². The molecule has 0 radical (unpaired) electrons. The molecule has 1 aliphatic rings. The average molecular weight is 467 g/mol. The highest BCUT2D eigenvalue weighted by Gasteiger charge is 2.42. The van der Waals surface area contributed by atoms with Crippen molar-refractivity contribution < 1.29 is 19.0 Å². The molecule has 2 aromatic heterocycles. The first-order valence-electron chi connectivity index (χ1n) is 11.9. The Labute approximate surface area is 200 Å². The van der Waals surface area contributed by atoms with Gasteiger partial charge in [-0.05, 0) is 39.3 Å². The number of ether oxygens (including phenoxy) is 3. The maximum Gasteiger partial charge on any atom is 0.410 e. The Morgan fingerprint density at radius 2 is 1.85 bits per heavy atom. The molecule has 0 fully saturated rings. The number of carbonyl (C=O) groups is 1. The predicted octanol–water partition coefficient (Wildman–Crippen LogP) is 4.67. The summed E-state index contributed by atoms with van der Waals surface area (Å²) in [5.74, 6) is 0. The zero-order chi connectivity index (χ0) is 24.2. The van der Waals surface area contributed by atoms with Crippen molar-refractivity contribution in [2.24, 2.45) is 0 Å². The number of rotatable bonds is 8. The van der Waals surface area contributed by atoms with Gasteiger partial charge in [0.05, 0.1) is 30.6 Å². The molecule has 3 heterocycles. The number of imidazole rings is 1. The van der Waals surface area contributed by atoms with Crippen molar-refractivity contribution in [2.75, 3.05) is 38.7 Å². The van der Waals surface area contributed by atoms with Crippen LogP contribution in [0.15, 0.2) is 42.6 Å². The SMILES string of the molecule is CCN(CC)C(=O)O[C@@H]1[C@@H](c2ccccc2)Nc2c(ccn3c(C)c(C)nc23)[C@H]1OCCOC. The molecule has 182 valence electrons. The number of aromatic nitrogens is 2. The number of hydrogen-bond donors (Lipinski definition) is 1. The number of carbonyl (C=O) groups excluding carboxylic acids is 1. The molecule has 8 nitrogen and oxygen atoms in total. The van der Waals surface area contributed by atoms with E-state index < -0.39 is 12.2 Å². The smallest absolute Gasteiger partial charge is 0.410 e. The van der Waals surface area contributed by atoms with Crippen LogP contribution >= 0.6 is 0 Å². The first kappa shape index (κ1) is 24.0. The molecule has 1 amide bonds. The minimum absolute atomic E-state index is 0.315. The Morgan fingerprint density at radius 1 is 1.12 bits per heavy atom. The number of benzene rings is 1. The molecule has 0 unspecified atom stereocenters. The number of methoxy groups -OCH3 is 1. The Kier molecular flexibility index (Phi) is 7.38. The number of nitrogens with zero attached hydrogens (tertiary/aromatic N) is 3. The van der Waals surface area contributed by atoms with Crippen molar-refractivity contribution in [1.82, 2.24) is 14.3 Å². The highest BCUT2D eigenvalue weighted by molar-refractivity contribution is 5.76. The van der Waals surface area contributed by atoms with Crippen LogP contribution in [-0.2, 0) is 14.2 Å². The van der Waals surface area contributed by atoms with E-state index in [1.54, 1.807) is 12.0 Å². The summed E-state index contributed by atoms with van der Waals surface area (Å²) in [6.45, 7) is 9.91. The molecule has 1 N–H and O–H groups in total. The van der Waals surface area contributed by atoms with E-state index in [4.69, 9.17) is 19.2 Å². The molecule has 1 aromatic carbocycles. The van der Waals surface area contributed by atoms with Gasteiger partial charge >= 0.3 is 6.09 Å². The Hall–Kier alpha value is -3.10. The minimum atomic E-state index is -0.584. The van der Waals surface area contributed by atoms with Gasteiger partial charge in [-0.25, -0.2) is 9.78 Å². The normalized spacial score (nSPS) is 19.5. The number of fused-ring (bicyclic) bond motifs is 3. The lowest BCUT2D eigenvalue weighted by Gasteiger charge is -2.40. The first-order valence-corrected chi connectivity index (χ1v) is 11.9. The van der Waals surface area contributed by atoms with Gasteiger partial charge in [0.2, 0.25) is 0 Å². The number of aryl methyl sites for hydroxylation is 2. The van der Waals surface area contributed by atoms with E-state index in [9.17, 15) is 4.79 Å². The topological polar surface area (TPSA) is 77.3 Å². The van der Waals surface area contributed by atoms with E-state index in [0.717, 1.165) is 33.8 Å². The van der Waals surface area contributed by atoms with Crippen LogP contribution in [0.4, 0.5) is 10.5 Å². The first-order chi connectivity index (χ1) is 16.5. The molecule has 0 saturated carbocycles. The summed E-state index contributed by atoms with van der Waals surface area (Å²) < 4.78 is 19.8. The van der Waals surface area contributed by atoms with Gasteiger partial charge in [0.15, 0.2) is 11.8 Å². The molecule has 3 atom stereocenters. The van der Waals surface area contributed by atoms with Crippen molar-refractivity contribution in [1.29, 1.82) is 0 Å². The van der Waals surface area contributed by atoms with E-state index in [1.165, 1.54) is 0 Å². The van der Waals surface area contributed by atoms with Crippen molar-refractivity contribution in [3.63, 3.8) is 0 Å². The minimum Gasteiger partial charge on any atom is -0.440 e. The summed E-state index contributed by atoms with van der Waals surface area (Å²) in [4.78, 5) is 19.6. The maximum atomic E-state index is 13.1. The maximum absolute atomic E-state index is 13.1. The summed E-state index contributed by atoms with van der Waals surface area (Å²) in [6, 6.07) is 11.7. The fraction of sp³-hybridized carbons (Fsp3) is 0.462. The van der Waals surface area contributed by atoms with E-state index in [1.807, 2.05) is 63.4 Å². The number of nitrogens with one attached hydrogen (secondary N) is 1. The lowest BCUT2D eigenvalue weighted by Crippen LogP contribution is -2.44. The highest BCUT2D eigenvalue weighted by Crippen LogP contribution is 2.44. The van der Waals surface area contributed by atoms with Crippen LogP contribution in [0, 0.1) is 13.8 Å². The molecule has 1 aliphatic heterocycles. The van der Waals surface area contributed by atoms with E-state index >= 15 is 0 Å². The average Bonchev–Trinajstić information content (AvgIpc) is 3.15. The van der Waals surface area contributed by atoms with E-state index in [2.05, 4.69) is 16.6 Å². The van der Waals surface area contributed by atoms with Crippen LogP contribution in [-0.4, -0.2) is 59.9 Å². The zero-order valence-corrected chi connectivity index (χ0v) is 20.6. The molecular formula is C26H34N4O4. The van der Waals surface area contributed by atoms with Gasteiger partial charge in [-0.1, -0.05) is 30.3 Å². The summed E-state index contributed by atoms with van der Waals surface area (Å²) in [5.41, 5.74) is 5.71. The molecular weight excluding hydrogens is 432 g/mol. The quantitative estimate of drug-likeness (QED) is 0.486. The number of amides is 1. The molecule has 34 heavy (non-hydrogen) atoms. The highest BCUT2D eigenvalue weighted by atomic mass is 16.6. The van der Waals surface area contributed by atoms with Crippen molar-refractivity contribution in [3.8, 4) is 0 Å². The monoisotopic (exact) mass is 466 g/mol. The second kappa shape index (κ2) is 10.4. The Bertz CT molecular complexity index is 1130. The third-order valence-electron chi connectivity index (χ3n) is 6.54. The van der Waals surface area contributed by atoms with E-state index in [-0.39, 0.29) is 12.1 Å². The fourth-order valence-electron chi connectivity index (χ4n) is 4.51. The molecule has 8 heteroatoms. The van der Waals surface area contributed by atoms with Gasteiger partial charge in [-0.2, -0.15) is 0 Å². The van der Waals surface area contributed by atoms with Gasteiger partial charge in [-0.3, -0.25) is 0 Å². The fourth-order valence-corrected chi connectivity index (χ4v) is 4.51. The predicted molar refractivity (Wildman–Crippen MR) is 131 cm³/mol. The molecule has 0 spiro atoms. The van der Waals surface area contributed by atoms with Crippen LogP contribution in [0.25, 0.3) is 5.65 Å². The van der Waals surface area contributed by atoms with Gasteiger partial charge in [-0.15, -0.1) is 0 Å². The van der Waals surface area contributed by atoms with Gasteiger partial charge in [0.1, 0.15) is 6.10 Å². The molecule has 4 rings (SSSR count). The third-order valence-corrected chi connectivity index (χ3v) is 6.54. The second-order valence-corrected chi connectivity index (χ2v) is 8.46. The van der Waals surface area contributed by atoms with Crippen LogP contribution in [0.5, 0.6) is 0 Å². The van der Waals surface area contributed by atoms with Crippen LogP contribution in [0.3, 0.4) is 0 Å². The molecule has 3 aromatic rings. The van der Waals surface area contributed by atoms with Crippen LogP contribution in [0.2, 0.25) is 0 Å². The summed E-state index contributed by atoms with van der Waals surface area (Å²) >= 11 is 0. The Morgan fingerprint density at radius 3 is 2.53 bits per heavy atom. The number of anilines is 1. The standard InChI is InChI=1S/C26H34N4O4/c1-6-29(7-2)26(31)34-24-21(19-11-9-8-10-12-19)28-22-20(23(24)33-16-15-32-5)13-14-30-18(4)17(3)27-25(22)30/h8-14,21,23-24,28H,6-7,15-16H2,1-5H3/t21-,23-,24-/m1/s1. The second-order valence-electron chi connectivity index (χ2n) is 8.46. The van der Waals surface area contributed by atoms with Gasteiger partial charge in [0.25, 0.3) is 0 Å². The molecule has 0 saturated heterocycles. The summed E-state index contributed by atoms with van der Waals surface area (Å²) in [5, 5.41) is 3.66. The molecule has 0 aliphatic carbocycles. The zero-order valence-electron chi connectivity index (χ0n) is 20.6. The van der Waals surface area contributed by atoms with Crippen molar-refractivity contribution in [3.05, 3.63) is 65.1 Å². The lowest BCUT2D eigenvalue weighted by molar-refractivity contribution is -0.0739. The van der Waals surface area contributed by atoms with Crippen molar-refractivity contribution in [2.45, 2.75) is 45.9 Å². The van der Waals surface area contributed by atoms with Crippen LogP contribution in [0.1, 0.15) is 48.5 Å². The third kappa shape index (κ3) is 4.48. The van der Waals surface area contributed by atoms with Crippen molar-refractivity contribution >= 4 is 17.4 Å². The lowest BCUT2D eigenvalue weighted by atomic mass is 9.88. The van der Waals surface area contributed by atoms with Crippen LogP contribution < -0.4 is 5.32 Å². The largest absolute Gasteiger partial charge is 0.440 e. The van der Waals surface area contributed by atoms with Gasteiger partial charge in [0, 0.05) is 37.7 Å². The number of pyridine rings is 1. The summed E-state index contributed by atoms with van der Waals surface area (Å²) in [7, 11) is 1.64. The van der Waals surface area contributed by atoms with Gasteiger partial charge < -0.3 is 28.8 Å². The number of hydrogen-bond acceptors (Lipinski definition) is 6. The Balaban J connectivity index is 1.84.